The van der Waals surface area contributed by atoms with Gasteiger partial charge in [-0.25, -0.2) is 4.57 Å². The number of carbonyl (C=O) groups excluding carboxylic acids is 2. The third kappa shape index (κ3) is 41.2. The Bertz CT molecular complexity index is 884. The number of phosphoric acid groups is 1. The first-order valence-electron chi connectivity index (χ1n) is 21.1. The summed E-state index contributed by atoms with van der Waals surface area (Å²) in [5.74, 6) is -0.892. The molecule has 0 fully saturated rings. The van der Waals surface area contributed by atoms with Crippen molar-refractivity contribution in [2.45, 2.75) is 219 Å². The van der Waals surface area contributed by atoms with Crippen LogP contribution in [-0.2, 0) is 28.2 Å². The van der Waals surface area contributed by atoms with Crippen LogP contribution in [0.15, 0.2) is 24.3 Å². The molecule has 0 aromatic heterocycles. The fourth-order valence-corrected chi connectivity index (χ4v) is 6.40. The van der Waals surface area contributed by atoms with E-state index in [2.05, 4.69) is 42.7 Å². The molecule has 0 heterocycles. The van der Waals surface area contributed by atoms with Crippen LogP contribution in [0.25, 0.3) is 0 Å². The molecule has 300 valence electrons. The van der Waals surface area contributed by atoms with E-state index in [4.69, 9.17) is 19.3 Å². The number of rotatable bonds is 39. The second kappa shape index (κ2) is 38.3. The van der Waals surface area contributed by atoms with Crippen molar-refractivity contribution in [1.29, 1.82) is 0 Å². The van der Waals surface area contributed by atoms with Gasteiger partial charge in [0.15, 0.2) is 6.10 Å². The largest absolute Gasteiger partial charge is 0.469 e. The summed E-state index contributed by atoms with van der Waals surface area (Å²) < 4.78 is 26.4. The summed E-state index contributed by atoms with van der Waals surface area (Å²) in [5.41, 5.74) is 0. The first-order chi connectivity index (χ1) is 24.8. The summed E-state index contributed by atoms with van der Waals surface area (Å²) in [6.07, 6.45) is 43.3. The van der Waals surface area contributed by atoms with Gasteiger partial charge < -0.3 is 19.3 Å². The number of carbonyl (C=O) groups is 2. The van der Waals surface area contributed by atoms with Crippen LogP contribution >= 0.6 is 7.82 Å². The maximum atomic E-state index is 12.4. The Labute approximate surface area is 313 Å². The van der Waals surface area contributed by atoms with Crippen molar-refractivity contribution in [3.05, 3.63) is 24.3 Å². The zero-order valence-electron chi connectivity index (χ0n) is 33.0. The molecule has 0 aliphatic rings. The number of unbranched alkanes of at least 4 members (excludes halogenated alkanes) is 25. The van der Waals surface area contributed by atoms with Crippen LogP contribution in [0.2, 0.25) is 0 Å². The maximum absolute atomic E-state index is 12.4. The van der Waals surface area contributed by atoms with Crippen molar-refractivity contribution < 1.29 is 37.9 Å². The number of esters is 2. The van der Waals surface area contributed by atoms with Crippen LogP contribution in [0.3, 0.4) is 0 Å². The molecule has 0 saturated heterocycles. The van der Waals surface area contributed by atoms with E-state index in [1.165, 1.54) is 109 Å². The van der Waals surface area contributed by atoms with Crippen molar-refractivity contribution in [3.8, 4) is 0 Å². The fraction of sp³-hybridized carbons (Fsp3) is 0.857. The van der Waals surface area contributed by atoms with Gasteiger partial charge in [-0.2, -0.15) is 0 Å². The lowest BCUT2D eigenvalue weighted by atomic mass is 10.0. The van der Waals surface area contributed by atoms with Crippen LogP contribution in [0.5, 0.6) is 0 Å². The van der Waals surface area contributed by atoms with Gasteiger partial charge in [0.2, 0.25) is 0 Å². The van der Waals surface area contributed by atoms with Crippen LogP contribution in [-0.4, -0.2) is 41.0 Å². The lowest BCUT2D eigenvalue weighted by Crippen LogP contribution is -2.29. The topological polar surface area (TPSA) is 119 Å². The molecular weight excluding hydrogens is 663 g/mol. The maximum Gasteiger partial charge on any atom is 0.469 e. The van der Waals surface area contributed by atoms with Crippen molar-refractivity contribution in [3.63, 3.8) is 0 Å². The number of ether oxygens (including phenoxy) is 2. The number of phosphoric ester groups is 1. The molecule has 0 radical (unpaired) electrons. The van der Waals surface area contributed by atoms with Crippen molar-refractivity contribution >= 4 is 19.8 Å². The summed E-state index contributed by atoms with van der Waals surface area (Å²) in [6.45, 7) is 3.65. The summed E-state index contributed by atoms with van der Waals surface area (Å²) >= 11 is 0. The van der Waals surface area contributed by atoms with Crippen molar-refractivity contribution in [1.82, 2.24) is 0 Å². The number of hydrogen-bond donors (Lipinski definition) is 2. The molecule has 1 atom stereocenters. The summed E-state index contributed by atoms with van der Waals surface area (Å²) in [5, 5.41) is 0. The van der Waals surface area contributed by atoms with Crippen LogP contribution < -0.4 is 0 Å². The van der Waals surface area contributed by atoms with E-state index in [0.717, 1.165) is 64.2 Å². The van der Waals surface area contributed by atoms with Gasteiger partial charge in [-0.1, -0.05) is 186 Å². The Morgan fingerprint density at radius 2 is 0.902 bits per heavy atom. The molecule has 0 saturated carbocycles. The molecule has 0 aliphatic carbocycles. The Balaban J connectivity index is 3.88. The second-order valence-electron chi connectivity index (χ2n) is 14.3. The molecular formula is C42H79O8P. The SMILES string of the molecule is CCCC/C=C\C/C=C\CCCCCCCC(=O)OC[C@H](COP(=O)(O)O)OC(=O)CCCCCCCCCCCCCCCCCCCCC. The average molecular weight is 743 g/mol. The van der Waals surface area contributed by atoms with E-state index >= 15 is 0 Å². The molecule has 0 aromatic rings. The molecule has 0 unspecified atom stereocenters. The second-order valence-corrected chi connectivity index (χ2v) is 15.6. The van der Waals surface area contributed by atoms with E-state index in [-0.39, 0.29) is 19.4 Å². The molecule has 9 heteroatoms. The highest BCUT2D eigenvalue weighted by molar-refractivity contribution is 7.46. The normalized spacial score (nSPS) is 12.6. The quantitative estimate of drug-likeness (QED) is 0.0276. The summed E-state index contributed by atoms with van der Waals surface area (Å²) in [4.78, 5) is 42.8. The molecule has 2 N–H and O–H groups in total. The molecule has 0 aliphatic heterocycles. The Morgan fingerprint density at radius 3 is 1.35 bits per heavy atom. The Morgan fingerprint density at radius 1 is 0.510 bits per heavy atom. The van der Waals surface area contributed by atoms with Crippen molar-refractivity contribution in [2.75, 3.05) is 13.2 Å². The molecule has 0 amide bonds. The Kier molecular flexibility index (Phi) is 37.2. The highest BCUT2D eigenvalue weighted by atomic mass is 31.2. The first kappa shape index (κ1) is 49.5. The van der Waals surface area contributed by atoms with Crippen molar-refractivity contribution in [2.24, 2.45) is 0 Å². The van der Waals surface area contributed by atoms with E-state index < -0.39 is 32.5 Å². The minimum Gasteiger partial charge on any atom is -0.462 e. The fourth-order valence-electron chi connectivity index (χ4n) is 6.04. The number of allylic oxidation sites excluding steroid dienone is 4. The van der Waals surface area contributed by atoms with E-state index in [1.54, 1.807) is 0 Å². The van der Waals surface area contributed by atoms with Gasteiger partial charge in [0.05, 0.1) is 6.61 Å². The van der Waals surface area contributed by atoms with Gasteiger partial charge in [0, 0.05) is 12.8 Å². The van der Waals surface area contributed by atoms with E-state index in [0.29, 0.717) is 12.8 Å². The monoisotopic (exact) mass is 743 g/mol. The highest BCUT2D eigenvalue weighted by Crippen LogP contribution is 2.36. The van der Waals surface area contributed by atoms with Crippen LogP contribution in [0.4, 0.5) is 0 Å². The van der Waals surface area contributed by atoms with Crippen LogP contribution in [0.1, 0.15) is 213 Å². The Hall–Kier alpha value is -1.47. The van der Waals surface area contributed by atoms with E-state index in [1.807, 2.05) is 0 Å². The highest BCUT2D eigenvalue weighted by Gasteiger charge is 2.22. The van der Waals surface area contributed by atoms with Crippen LogP contribution in [0, 0.1) is 0 Å². The summed E-state index contributed by atoms with van der Waals surface area (Å²) in [7, 11) is -4.75. The van der Waals surface area contributed by atoms with Gasteiger partial charge in [-0.15, -0.1) is 0 Å². The lowest BCUT2D eigenvalue weighted by molar-refractivity contribution is -0.161. The zero-order chi connectivity index (χ0) is 37.5. The average Bonchev–Trinajstić information content (AvgIpc) is 3.10. The van der Waals surface area contributed by atoms with Gasteiger partial charge >= 0.3 is 19.8 Å². The van der Waals surface area contributed by atoms with Gasteiger partial charge in [0.1, 0.15) is 6.61 Å². The van der Waals surface area contributed by atoms with E-state index in [9.17, 15) is 14.2 Å². The molecule has 0 spiro atoms. The summed E-state index contributed by atoms with van der Waals surface area (Å²) in [6, 6.07) is 0. The predicted octanol–water partition coefficient (Wildman–Crippen LogP) is 12.8. The molecule has 0 aromatic carbocycles. The first-order valence-corrected chi connectivity index (χ1v) is 22.7. The molecule has 8 nitrogen and oxygen atoms in total. The minimum atomic E-state index is -4.75. The van der Waals surface area contributed by atoms with Gasteiger partial charge in [-0.3, -0.25) is 14.1 Å². The molecule has 0 bridgehead atoms. The smallest absolute Gasteiger partial charge is 0.462 e. The third-order valence-electron chi connectivity index (χ3n) is 9.22. The third-order valence-corrected chi connectivity index (χ3v) is 9.71. The molecule has 0 rings (SSSR count). The zero-order valence-corrected chi connectivity index (χ0v) is 33.9. The lowest BCUT2D eigenvalue weighted by Gasteiger charge is -2.18. The minimum absolute atomic E-state index is 0.213. The van der Waals surface area contributed by atoms with Gasteiger partial charge in [0.25, 0.3) is 0 Å². The standard InChI is InChI=1S/C42H79O8P/c1-3-5-7-9-11-13-15-17-19-20-21-22-23-25-27-29-31-33-35-37-42(44)50-40(39-49-51(45,46)47)38-48-41(43)36-34-32-30-28-26-24-18-16-14-12-10-8-6-4-2/h10,12,16,18,40H,3-9,11,13-15,17,19-39H2,1-2H3,(H2,45,46,47)/b12-10-,18-16-/t40-/m1/s1. The predicted molar refractivity (Wildman–Crippen MR) is 212 cm³/mol. The molecule has 51 heavy (non-hydrogen) atoms. The number of hydrogen-bond acceptors (Lipinski definition) is 6. The van der Waals surface area contributed by atoms with Gasteiger partial charge in [-0.05, 0) is 38.5 Å².